The third-order valence-electron chi connectivity index (χ3n) is 2.46. The van der Waals surface area contributed by atoms with Crippen molar-refractivity contribution in [1.82, 2.24) is 0 Å². The largest absolute Gasteiger partial charge is 0.486 e. The summed E-state index contributed by atoms with van der Waals surface area (Å²) in [6, 6.07) is 11.1. The number of hydrogen-bond acceptors (Lipinski definition) is 2. The zero-order valence-electron chi connectivity index (χ0n) is 9.77. The van der Waals surface area contributed by atoms with Gasteiger partial charge in [-0.25, -0.2) is 9.18 Å². The van der Waals surface area contributed by atoms with Crippen molar-refractivity contribution in [2.24, 2.45) is 0 Å². The summed E-state index contributed by atoms with van der Waals surface area (Å²) >= 11 is 5.82. The maximum atomic E-state index is 13.1. The van der Waals surface area contributed by atoms with Crippen LogP contribution in [0.5, 0.6) is 5.75 Å². The van der Waals surface area contributed by atoms with E-state index in [4.69, 9.17) is 21.4 Å². The quantitative estimate of drug-likeness (QED) is 0.927. The molecule has 0 atom stereocenters. The molecule has 2 aromatic carbocycles. The monoisotopic (exact) mass is 280 g/mol. The molecule has 0 amide bonds. The van der Waals surface area contributed by atoms with E-state index in [9.17, 15) is 9.18 Å². The number of carboxylic acid groups (broad SMARTS) is 1. The maximum absolute atomic E-state index is 13.1. The molecule has 1 N–H and O–H groups in total. The normalized spacial score (nSPS) is 10.2. The van der Waals surface area contributed by atoms with Crippen LogP contribution >= 0.6 is 11.6 Å². The van der Waals surface area contributed by atoms with E-state index in [1.54, 1.807) is 0 Å². The molecule has 0 unspecified atom stereocenters. The van der Waals surface area contributed by atoms with Crippen molar-refractivity contribution in [2.75, 3.05) is 0 Å². The molecule has 19 heavy (non-hydrogen) atoms. The van der Waals surface area contributed by atoms with E-state index >= 15 is 0 Å². The van der Waals surface area contributed by atoms with Crippen LogP contribution in [0.15, 0.2) is 42.5 Å². The fraction of sp³-hybridized carbons (Fsp3) is 0.0714. The van der Waals surface area contributed by atoms with E-state index in [-0.39, 0.29) is 22.9 Å². The lowest BCUT2D eigenvalue weighted by Crippen LogP contribution is -2.05. The first-order valence-corrected chi connectivity index (χ1v) is 5.85. The van der Waals surface area contributed by atoms with E-state index < -0.39 is 11.8 Å². The summed E-state index contributed by atoms with van der Waals surface area (Å²) in [4.78, 5) is 11.0. The summed E-state index contributed by atoms with van der Waals surface area (Å²) in [5.41, 5.74) is 0.570. The van der Waals surface area contributed by atoms with Crippen LogP contribution in [0.25, 0.3) is 0 Å². The second-order valence-corrected chi connectivity index (χ2v) is 4.25. The Kier molecular flexibility index (Phi) is 4.02. The van der Waals surface area contributed by atoms with Gasteiger partial charge in [-0.3, -0.25) is 0 Å². The second-order valence-electron chi connectivity index (χ2n) is 3.84. The Hall–Kier alpha value is -2.07. The van der Waals surface area contributed by atoms with Crippen molar-refractivity contribution in [2.45, 2.75) is 6.61 Å². The lowest BCUT2D eigenvalue weighted by atomic mass is 10.2. The van der Waals surface area contributed by atoms with Crippen LogP contribution in [0, 0.1) is 5.82 Å². The van der Waals surface area contributed by atoms with Gasteiger partial charge in [-0.15, -0.1) is 0 Å². The zero-order valence-corrected chi connectivity index (χ0v) is 10.5. The number of hydrogen-bond donors (Lipinski definition) is 1. The van der Waals surface area contributed by atoms with Crippen molar-refractivity contribution < 1.29 is 19.0 Å². The first kappa shape index (κ1) is 13.4. The minimum Gasteiger partial charge on any atom is -0.486 e. The second kappa shape index (κ2) is 5.71. The first-order valence-electron chi connectivity index (χ1n) is 5.47. The van der Waals surface area contributed by atoms with Gasteiger partial charge in [-0.1, -0.05) is 41.9 Å². The Morgan fingerprint density at radius 2 is 1.95 bits per heavy atom. The molecule has 0 aliphatic heterocycles. The van der Waals surface area contributed by atoms with E-state index in [1.807, 2.05) is 30.3 Å². The molecule has 0 radical (unpaired) electrons. The molecule has 98 valence electrons. The highest BCUT2D eigenvalue weighted by atomic mass is 35.5. The molecule has 0 fully saturated rings. The molecule has 2 aromatic rings. The predicted molar refractivity (Wildman–Crippen MR) is 69.1 cm³/mol. The average Bonchev–Trinajstić information content (AvgIpc) is 2.38. The Labute approximate surface area is 114 Å². The van der Waals surface area contributed by atoms with Crippen LogP contribution in [-0.4, -0.2) is 11.1 Å². The third-order valence-corrected chi connectivity index (χ3v) is 2.75. The number of halogens is 2. The minimum absolute atomic E-state index is 0.0283. The Morgan fingerprint density at radius 1 is 1.26 bits per heavy atom. The highest BCUT2D eigenvalue weighted by molar-refractivity contribution is 6.32. The summed E-state index contributed by atoms with van der Waals surface area (Å²) in [6.45, 7) is 0.159. The highest BCUT2D eigenvalue weighted by Gasteiger charge is 2.17. The van der Waals surface area contributed by atoms with Gasteiger partial charge in [0.05, 0.1) is 5.02 Å². The number of benzene rings is 2. The van der Waals surface area contributed by atoms with Gasteiger partial charge in [0.1, 0.15) is 18.0 Å². The number of carbonyl (C=O) groups is 1. The Morgan fingerprint density at radius 3 is 2.58 bits per heavy atom. The molecule has 2 rings (SSSR count). The van der Waals surface area contributed by atoms with Gasteiger partial charge >= 0.3 is 5.97 Å². The third kappa shape index (κ3) is 3.23. The number of rotatable bonds is 4. The van der Waals surface area contributed by atoms with Crippen LogP contribution in [0.3, 0.4) is 0 Å². The van der Waals surface area contributed by atoms with Crippen molar-refractivity contribution in [3.63, 3.8) is 0 Å². The molecule has 0 heterocycles. The average molecular weight is 281 g/mol. The summed E-state index contributed by atoms with van der Waals surface area (Å²) in [5, 5.41) is 8.94. The SMILES string of the molecule is O=C(O)c1cc(F)cc(Cl)c1OCc1ccccc1. The zero-order chi connectivity index (χ0) is 13.8. The fourth-order valence-corrected chi connectivity index (χ4v) is 1.86. The molecule has 0 aromatic heterocycles. The molecular weight excluding hydrogens is 271 g/mol. The summed E-state index contributed by atoms with van der Waals surface area (Å²) < 4.78 is 18.5. The molecular formula is C14H10ClFO3. The molecule has 3 nitrogen and oxygen atoms in total. The van der Waals surface area contributed by atoms with Gasteiger partial charge in [0.2, 0.25) is 0 Å². The van der Waals surface area contributed by atoms with Crippen molar-refractivity contribution in [1.29, 1.82) is 0 Å². The molecule has 0 aliphatic rings. The number of ether oxygens (including phenoxy) is 1. The molecule has 0 saturated heterocycles. The van der Waals surface area contributed by atoms with Gasteiger partial charge in [0.15, 0.2) is 5.75 Å². The summed E-state index contributed by atoms with van der Waals surface area (Å²) in [6.07, 6.45) is 0. The summed E-state index contributed by atoms with van der Waals surface area (Å²) in [5.74, 6) is -2.03. The topological polar surface area (TPSA) is 46.5 Å². The van der Waals surface area contributed by atoms with E-state index in [1.165, 1.54) is 0 Å². The predicted octanol–water partition coefficient (Wildman–Crippen LogP) is 3.76. The van der Waals surface area contributed by atoms with Crippen LogP contribution in [-0.2, 0) is 6.61 Å². The van der Waals surface area contributed by atoms with Gasteiger partial charge in [-0.05, 0) is 17.7 Å². The Bertz CT molecular complexity index is 599. The minimum atomic E-state index is -1.29. The Balaban J connectivity index is 2.27. The standard InChI is InChI=1S/C14H10ClFO3/c15-12-7-10(16)6-11(14(17)18)13(12)19-8-9-4-2-1-3-5-9/h1-7H,8H2,(H,17,18). The van der Waals surface area contributed by atoms with E-state index in [0.717, 1.165) is 17.7 Å². The molecule has 5 heteroatoms. The van der Waals surface area contributed by atoms with Crippen LogP contribution < -0.4 is 4.74 Å². The van der Waals surface area contributed by atoms with Crippen molar-refractivity contribution in [3.05, 3.63) is 64.4 Å². The van der Waals surface area contributed by atoms with E-state index in [0.29, 0.717) is 0 Å². The van der Waals surface area contributed by atoms with Gasteiger partial charge < -0.3 is 9.84 Å². The number of aromatic carboxylic acids is 1. The lowest BCUT2D eigenvalue weighted by molar-refractivity contribution is 0.0691. The molecule has 0 spiro atoms. The molecule has 0 aliphatic carbocycles. The maximum Gasteiger partial charge on any atom is 0.339 e. The smallest absolute Gasteiger partial charge is 0.339 e. The van der Waals surface area contributed by atoms with Gasteiger partial charge in [0.25, 0.3) is 0 Å². The fourth-order valence-electron chi connectivity index (χ4n) is 1.60. The van der Waals surface area contributed by atoms with Crippen molar-refractivity contribution >= 4 is 17.6 Å². The van der Waals surface area contributed by atoms with Gasteiger partial charge in [-0.2, -0.15) is 0 Å². The van der Waals surface area contributed by atoms with Crippen LogP contribution in [0.1, 0.15) is 15.9 Å². The van der Waals surface area contributed by atoms with E-state index in [2.05, 4.69) is 0 Å². The summed E-state index contributed by atoms with van der Waals surface area (Å²) in [7, 11) is 0. The van der Waals surface area contributed by atoms with Gasteiger partial charge in [0, 0.05) is 0 Å². The van der Waals surface area contributed by atoms with Crippen LogP contribution in [0.2, 0.25) is 5.02 Å². The molecule has 0 saturated carbocycles. The number of carboxylic acids is 1. The first-order chi connectivity index (χ1) is 9.08. The molecule has 0 bridgehead atoms. The van der Waals surface area contributed by atoms with Crippen LogP contribution in [0.4, 0.5) is 4.39 Å². The lowest BCUT2D eigenvalue weighted by Gasteiger charge is -2.11. The highest BCUT2D eigenvalue weighted by Crippen LogP contribution is 2.30. The van der Waals surface area contributed by atoms with Crippen molar-refractivity contribution in [3.8, 4) is 5.75 Å².